The zero-order valence-corrected chi connectivity index (χ0v) is 20.4. The highest BCUT2D eigenvalue weighted by molar-refractivity contribution is 5.90. The van der Waals surface area contributed by atoms with E-state index in [0.717, 1.165) is 54.4 Å². The molecule has 0 bridgehead atoms. The number of aryl methyl sites for hydroxylation is 1. The Morgan fingerprint density at radius 2 is 1.83 bits per heavy atom. The second-order valence-electron chi connectivity index (χ2n) is 8.83. The third-order valence-electron chi connectivity index (χ3n) is 6.22. The number of amides is 2. The van der Waals surface area contributed by atoms with E-state index in [4.69, 9.17) is 9.57 Å². The minimum absolute atomic E-state index is 0.00732. The Morgan fingerprint density at radius 1 is 1.06 bits per heavy atom. The number of ether oxygens (including phenoxy) is 1. The Hall–Kier alpha value is -3.81. The molecule has 0 unspecified atom stereocenters. The monoisotopic (exact) mass is 476 g/mol. The lowest BCUT2D eigenvalue weighted by molar-refractivity contribution is -0.141. The van der Waals surface area contributed by atoms with Crippen LogP contribution in [0.1, 0.15) is 30.4 Å². The van der Waals surface area contributed by atoms with Gasteiger partial charge in [0.2, 0.25) is 5.91 Å². The van der Waals surface area contributed by atoms with Crippen LogP contribution in [-0.4, -0.2) is 65.7 Å². The Balaban J connectivity index is 1.31. The summed E-state index contributed by atoms with van der Waals surface area (Å²) in [7, 11) is 3.53. The van der Waals surface area contributed by atoms with Crippen molar-refractivity contribution in [3.8, 4) is 5.88 Å². The summed E-state index contributed by atoms with van der Waals surface area (Å²) in [4.78, 5) is 33.6. The van der Waals surface area contributed by atoms with Crippen LogP contribution in [0.4, 0.5) is 0 Å². The summed E-state index contributed by atoms with van der Waals surface area (Å²) < 4.78 is 7.70. The van der Waals surface area contributed by atoms with E-state index in [9.17, 15) is 9.59 Å². The van der Waals surface area contributed by atoms with Gasteiger partial charge in [0.15, 0.2) is 12.5 Å². The Kier molecular flexibility index (Phi) is 8.03. The molecule has 3 aromatic rings. The minimum Gasteiger partial charge on any atom is -0.469 e. The van der Waals surface area contributed by atoms with Crippen LogP contribution in [0.2, 0.25) is 0 Å². The Labute approximate surface area is 205 Å². The second kappa shape index (κ2) is 11.6. The summed E-state index contributed by atoms with van der Waals surface area (Å²) in [5, 5.41) is 5.03. The van der Waals surface area contributed by atoms with E-state index in [-0.39, 0.29) is 25.0 Å². The van der Waals surface area contributed by atoms with Gasteiger partial charge in [-0.1, -0.05) is 41.6 Å². The van der Waals surface area contributed by atoms with Crippen molar-refractivity contribution in [3.05, 3.63) is 65.7 Å². The number of rotatable bonds is 9. The van der Waals surface area contributed by atoms with Crippen molar-refractivity contribution in [2.75, 3.05) is 33.3 Å². The summed E-state index contributed by atoms with van der Waals surface area (Å²) in [5.41, 5.74) is 2.93. The fourth-order valence-corrected chi connectivity index (χ4v) is 4.13. The molecule has 0 aliphatic carbocycles. The van der Waals surface area contributed by atoms with Gasteiger partial charge in [0.05, 0.1) is 18.3 Å². The quantitative estimate of drug-likeness (QED) is 0.349. The van der Waals surface area contributed by atoms with E-state index in [1.165, 1.54) is 4.90 Å². The number of piperidine rings is 1. The molecular weight excluding hydrogens is 444 g/mol. The molecule has 0 radical (unpaired) electrons. The van der Waals surface area contributed by atoms with Crippen molar-refractivity contribution >= 4 is 28.9 Å². The van der Waals surface area contributed by atoms with Crippen LogP contribution < -0.4 is 4.74 Å². The van der Waals surface area contributed by atoms with Gasteiger partial charge in [0.25, 0.3) is 5.91 Å². The number of carbonyl (C=O) groups is 2. The smallest absolute Gasteiger partial charge is 0.260 e. The van der Waals surface area contributed by atoms with Gasteiger partial charge in [-0.2, -0.15) is 0 Å². The number of carbonyl (C=O) groups excluding carboxylic acids is 2. The second-order valence-corrected chi connectivity index (χ2v) is 8.83. The van der Waals surface area contributed by atoms with Crippen molar-refractivity contribution < 1.29 is 19.2 Å². The average Bonchev–Trinajstić information content (AvgIpc) is 3.20. The zero-order valence-electron chi connectivity index (χ0n) is 20.4. The van der Waals surface area contributed by atoms with Gasteiger partial charge in [-0.25, -0.2) is 0 Å². The highest BCUT2D eigenvalue weighted by atomic mass is 16.6. The standard InChI is InChI=1S/C27H32N4O4/c1-29(18-25(32)31-13-7-4-8-14-31)26(33)20-34-27-16-23-15-22(11-12-24(23)30(27)2)17-28-35-19-21-9-5-3-6-10-21/h3,5-6,9-12,15-17H,4,7-8,13-14,18-20H2,1-2H3. The number of likely N-dealkylation sites (N-methyl/N-ethyl adjacent to an activating group) is 1. The molecule has 1 aromatic heterocycles. The number of hydrogen-bond donors (Lipinski definition) is 0. The van der Waals surface area contributed by atoms with Crippen LogP contribution in [0.3, 0.4) is 0 Å². The molecule has 0 N–H and O–H groups in total. The lowest BCUT2D eigenvalue weighted by Gasteiger charge is -2.28. The van der Waals surface area contributed by atoms with E-state index in [1.54, 1.807) is 13.3 Å². The first-order valence-corrected chi connectivity index (χ1v) is 11.9. The van der Waals surface area contributed by atoms with E-state index in [2.05, 4.69) is 5.16 Å². The molecule has 184 valence electrons. The first-order chi connectivity index (χ1) is 17.0. The highest BCUT2D eigenvalue weighted by Crippen LogP contribution is 2.25. The molecule has 1 aliphatic rings. The normalized spacial score (nSPS) is 13.8. The number of benzene rings is 2. The van der Waals surface area contributed by atoms with Crippen LogP contribution >= 0.6 is 0 Å². The van der Waals surface area contributed by atoms with Crippen molar-refractivity contribution in [2.45, 2.75) is 25.9 Å². The van der Waals surface area contributed by atoms with Crippen molar-refractivity contribution in [1.82, 2.24) is 14.4 Å². The van der Waals surface area contributed by atoms with Gasteiger partial charge in [0, 0.05) is 38.6 Å². The molecule has 1 fully saturated rings. The minimum atomic E-state index is -0.232. The fraction of sp³-hybridized carbons (Fsp3) is 0.370. The molecule has 2 amide bonds. The summed E-state index contributed by atoms with van der Waals surface area (Å²) in [6, 6.07) is 17.7. The molecule has 8 nitrogen and oxygen atoms in total. The molecule has 2 heterocycles. The highest BCUT2D eigenvalue weighted by Gasteiger charge is 2.20. The maximum Gasteiger partial charge on any atom is 0.260 e. The number of nitrogens with zero attached hydrogens (tertiary/aromatic N) is 4. The average molecular weight is 477 g/mol. The lowest BCUT2D eigenvalue weighted by Crippen LogP contribution is -2.44. The third-order valence-corrected chi connectivity index (χ3v) is 6.22. The molecule has 0 atom stereocenters. The SMILES string of the molecule is CN(CC(=O)N1CCCCC1)C(=O)COc1cc2cc(C=NOCc3ccccc3)ccc2n1C. The van der Waals surface area contributed by atoms with Crippen molar-refractivity contribution in [1.29, 1.82) is 0 Å². The molecule has 2 aromatic carbocycles. The summed E-state index contributed by atoms with van der Waals surface area (Å²) in [5.74, 6) is 0.342. The van der Waals surface area contributed by atoms with Gasteiger partial charge >= 0.3 is 0 Å². The lowest BCUT2D eigenvalue weighted by atomic mass is 10.1. The molecule has 35 heavy (non-hydrogen) atoms. The molecule has 8 heteroatoms. The molecule has 0 spiro atoms. The van der Waals surface area contributed by atoms with E-state index in [1.807, 2.05) is 71.1 Å². The third kappa shape index (κ3) is 6.41. The van der Waals surface area contributed by atoms with Gasteiger partial charge in [-0.05, 0) is 42.5 Å². The summed E-state index contributed by atoms with van der Waals surface area (Å²) >= 11 is 0. The van der Waals surface area contributed by atoms with Gasteiger partial charge < -0.3 is 23.9 Å². The van der Waals surface area contributed by atoms with Crippen LogP contribution in [-0.2, 0) is 28.1 Å². The Morgan fingerprint density at radius 3 is 2.60 bits per heavy atom. The van der Waals surface area contributed by atoms with Crippen LogP contribution in [0, 0.1) is 0 Å². The number of hydrogen-bond acceptors (Lipinski definition) is 5. The van der Waals surface area contributed by atoms with E-state index < -0.39 is 0 Å². The maximum absolute atomic E-state index is 12.6. The topological polar surface area (TPSA) is 76.4 Å². The fourth-order valence-electron chi connectivity index (χ4n) is 4.13. The number of oxime groups is 1. The van der Waals surface area contributed by atoms with E-state index in [0.29, 0.717) is 12.5 Å². The van der Waals surface area contributed by atoms with E-state index >= 15 is 0 Å². The summed E-state index contributed by atoms with van der Waals surface area (Å²) in [6.07, 6.45) is 4.89. The first-order valence-electron chi connectivity index (χ1n) is 11.9. The molecular formula is C27H32N4O4. The van der Waals surface area contributed by atoms with Gasteiger partial charge in [0.1, 0.15) is 6.61 Å². The van der Waals surface area contributed by atoms with Crippen molar-refractivity contribution in [3.63, 3.8) is 0 Å². The maximum atomic E-state index is 12.6. The number of likely N-dealkylation sites (tertiary alicyclic amines) is 1. The zero-order chi connectivity index (χ0) is 24.6. The molecule has 1 saturated heterocycles. The largest absolute Gasteiger partial charge is 0.469 e. The van der Waals surface area contributed by atoms with Crippen LogP contribution in [0.25, 0.3) is 10.9 Å². The Bertz CT molecular complexity index is 1180. The predicted molar refractivity (Wildman–Crippen MR) is 135 cm³/mol. The first kappa shape index (κ1) is 24.3. The van der Waals surface area contributed by atoms with Crippen molar-refractivity contribution in [2.24, 2.45) is 12.2 Å². The van der Waals surface area contributed by atoms with Crippen LogP contribution in [0.5, 0.6) is 5.88 Å². The molecule has 1 aliphatic heterocycles. The molecule has 0 saturated carbocycles. The number of aromatic nitrogens is 1. The van der Waals surface area contributed by atoms with Crippen LogP contribution in [0.15, 0.2) is 59.8 Å². The van der Waals surface area contributed by atoms with Gasteiger partial charge in [-0.3, -0.25) is 9.59 Å². The summed E-state index contributed by atoms with van der Waals surface area (Å²) in [6.45, 7) is 1.91. The predicted octanol–water partition coefficient (Wildman–Crippen LogP) is 3.58. The number of fused-ring (bicyclic) bond motifs is 1. The van der Waals surface area contributed by atoms with Gasteiger partial charge in [-0.15, -0.1) is 0 Å². The molecule has 4 rings (SSSR count).